The largest absolute Gasteiger partial charge is 0.366 e. The van der Waals surface area contributed by atoms with E-state index in [0.717, 1.165) is 29.8 Å². The number of nitrogen functional groups attached to an aromatic ring is 1. The van der Waals surface area contributed by atoms with Crippen molar-refractivity contribution in [3.63, 3.8) is 0 Å². The quantitative estimate of drug-likeness (QED) is 0.914. The summed E-state index contributed by atoms with van der Waals surface area (Å²) in [6, 6.07) is 3.91. The van der Waals surface area contributed by atoms with Gasteiger partial charge in [-0.3, -0.25) is 4.98 Å². The summed E-state index contributed by atoms with van der Waals surface area (Å²) < 4.78 is 0. The third kappa shape index (κ3) is 3.35. The van der Waals surface area contributed by atoms with Crippen molar-refractivity contribution in [1.29, 1.82) is 0 Å². The molecule has 0 saturated heterocycles. The molecule has 1 aliphatic carbocycles. The Morgan fingerprint density at radius 3 is 2.29 bits per heavy atom. The highest BCUT2D eigenvalue weighted by atomic mass is 15.2. The second kappa shape index (κ2) is 6.61. The van der Waals surface area contributed by atoms with Crippen LogP contribution < -0.4 is 5.73 Å². The molecule has 0 aromatic carbocycles. The summed E-state index contributed by atoms with van der Waals surface area (Å²) in [4.78, 5) is 8.59. The number of hydrogen-bond donors (Lipinski definition) is 1. The second-order valence-corrected chi connectivity index (χ2v) is 5.68. The van der Waals surface area contributed by atoms with Crippen LogP contribution in [0.1, 0.15) is 56.6 Å². The minimum Gasteiger partial charge on any atom is -0.366 e. The molecule has 0 bridgehead atoms. The fraction of sp³-hybridized carbons (Fsp3) is 0.500. The number of hydrogen-bond acceptors (Lipinski definition) is 5. The molecular weight excluding hydrogens is 262 g/mol. The zero-order valence-electron chi connectivity index (χ0n) is 12.2. The molecule has 2 heterocycles. The van der Waals surface area contributed by atoms with Crippen LogP contribution in [0.3, 0.4) is 0 Å². The first-order valence-electron chi connectivity index (χ1n) is 7.75. The predicted octanol–water partition coefficient (Wildman–Crippen LogP) is 3.34. The lowest BCUT2D eigenvalue weighted by molar-refractivity contribution is 0.449. The molecule has 0 unspecified atom stereocenters. The van der Waals surface area contributed by atoms with Gasteiger partial charge in [0, 0.05) is 23.9 Å². The molecule has 2 aromatic rings. The Bertz CT molecular complexity index is 576. The summed E-state index contributed by atoms with van der Waals surface area (Å²) in [5.74, 6) is 0.705. The fourth-order valence-corrected chi connectivity index (χ4v) is 3.08. The van der Waals surface area contributed by atoms with Crippen LogP contribution in [0.2, 0.25) is 0 Å². The van der Waals surface area contributed by atoms with Crippen LogP contribution in [-0.2, 0) is 0 Å². The topological polar surface area (TPSA) is 77.6 Å². The minimum atomic E-state index is 0.268. The second-order valence-electron chi connectivity index (χ2n) is 5.68. The molecule has 21 heavy (non-hydrogen) atoms. The van der Waals surface area contributed by atoms with E-state index in [-0.39, 0.29) is 5.95 Å². The molecule has 3 rings (SSSR count). The van der Waals surface area contributed by atoms with Crippen molar-refractivity contribution in [2.45, 2.75) is 50.9 Å². The number of nitrogens with zero attached hydrogens (tertiary/aromatic N) is 4. The van der Waals surface area contributed by atoms with E-state index >= 15 is 0 Å². The monoisotopic (exact) mass is 283 g/mol. The van der Waals surface area contributed by atoms with Crippen LogP contribution in [0.15, 0.2) is 24.5 Å². The molecule has 0 atom stereocenters. The fourth-order valence-electron chi connectivity index (χ4n) is 3.08. The number of pyridine rings is 1. The van der Waals surface area contributed by atoms with E-state index in [1.807, 2.05) is 12.1 Å². The first-order valence-corrected chi connectivity index (χ1v) is 7.75. The Kier molecular flexibility index (Phi) is 4.38. The Hall–Kier alpha value is -2.04. The maximum Gasteiger partial charge on any atom is 0.240 e. The number of anilines is 1. The highest BCUT2D eigenvalue weighted by Crippen LogP contribution is 2.34. The van der Waals surface area contributed by atoms with Crippen molar-refractivity contribution >= 4 is 5.95 Å². The molecule has 2 aromatic heterocycles. The minimum absolute atomic E-state index is 0.268. The van der Waals surface area contributed by atoms with E-state index in [9.17, 15) is 0 Å². The van der Waals surface area contributed by atoms with E-state index in [1.54, 1.807) is 12.4 Å². The normalized spacial score (nSPS) is 17.1. The van der Waals surface area contributed by atoms with Gasteiger partial charge < -0.3 is 5.73 Å². The van der Waals surface area contributed by atoms with Crippen molar-refractivity contribution in [3.8, 4) is 11.3 Å². The highest BCUT2D eigenvalue weighted by Gasteiger charge is 2.21. The molecule has 2 N–H and O–H groups in total. The highest BCUT2D eigenvalue weighted by molar-refractivity contribution is 5.61. The van der Waals surface area contributed by atoms with Gasteiger partial charge in [0.2, 0.25) is 5.95 Å². The van der Waals surface area contributed by atoms with Crippen LogP contribution in [0.5, 0.6) is 0 Å². The van der Waals surface area contributed by atoms with Crippen LogP contribution in [0.4, 0.5) is 5.95 Å². The third-order valence-electron chi connectivity index (χ3n) is 4.18. The Labute approximate surface area is 125 Å². The van der Waals surface area contributed by atoms with Gasteiger partial charge in [-0.1, -0.05) is 32.1 Å². The number of aromatic nitrogens is 4. The molecule has 0 aliphatic heterocycles. The zero-order valence-corrected chi connectivity index (χ0v) is 12.2. The number of nitrogens with two attached hydrogens (primary N) is 1. The van der Waals surface area contributed by atoms with Gasteiger partial charge in [-0.25, -0.2) is 4.98 Å². The van der Waals surface area contributed by atoms with Gasteiger partial charge in [-0.05, 0) is 25.0 Å². The van der Waals surface area contributed by atoms with Crippen LogP contribution in [-0.4, -0.2) is 20.2 Å². The predicted molar refractivity (Wildman–Crippen MR) is 82.5 cm³/mol. The van der Waals surface area contributed by atoms with Gasteiger partial charge in [0.15, 0.2) is 0 Å². The molecule has 0 amide bonds. The van der Waals surface area contributed by atoms with Gasteiger partial charge in [-0.15, -0.1) is 10.2 Å². The van der Waals surface area contributed by atoms with Gasteiger partial charge in [0.1, 0.15) is 5.69 Å². The lowest BCUT2D eigenvalue weighted by atomic mass is 9.87. The van der Waals surface area contributed by atoms with Crippen molar-refractivity contribution in [3.05, 3.63) is 30.2 Å². The average Bonchev–Trinajstić information content (AvgIpc) is 2.48. The standard InChI is InChI=1S/C16H21N5/c17-16-19-14(12-6-4-2-1-3-5-7-12)15(20-21-16)13-8-10-18-11-9-13/h8-12H,1-7H2,(H2,17,19,21). The lowest BCUT2D eigenvalue weighted by Crippen LogP contribution is -2.11. The molecule has 110 valence electrons. The molecule has 0 spiro atoms. The van der Waals surface area contributed by atoms with Crippen LogP contribution in [0, 0.1) is 0 Å². The Morgan fingerprint density at radius 2 is 1.57 bits per heavy atom. The summed E-state index contributed by atoms with van der Waals surface area (Å²) >= 11 is 0. The maximum absolute atomic E-state index is 5.79. The van der Waals surface area contributed by atoms with E-state index < -0.39 is 0 Å². The van der Waals surface area contributed by atoms with Gasteiger partial charge in [-0.2, -0.15) is 0 Å². The van der Waals surface area contributed by atoms with E-state index in [4.69, 9.17) is 5.73 Å². The first kappa shape index (κ1) is 13.9. The summed E-state index contributed by atoms with van der Waals surface area (Å²) in [5.41, 5.74) is 8.67. The van der Waals surface area contributed by atoms with Gasteiger partial charge >= 0.3 is 0 Å². The van der Waals surface area contributed by atoms with E-state index in [2.05, 4.69) is 20.2 Å². The molecule has 0 radical (unpaired) electrons. The molecule has 5 nitrogen and oxygen atoms in total. The Balaban J connectivity index is 1.97. The smallest absolute Gasteiger partial charge is 0.240 e. The summed E-state index contributed by atoms with van der Waals surface area (Å²) in [5, 5.41) is 8.26. The van der Waals surface area contributed by atoms with Crippen molar-refractivity contribution in [2.75, 3.05) is 5.73 Å². The first-order chi connectivity index (χ1) is 10.3. The van der Waals surface area contributed by atoms with Crippen molar-refractivity contribution in [1.82, 2.24) is 20.2 Å². The molecular formula is C16H21N5. The molecule has 1 aliphatic rings. The maximum atomic E-state index is 5.79. The van der Waals surface area contributed by atoms with Crippen LogP contribution in [0.25, 0.3) is 11.3 Å². The van der Waals surface area contributed by atoms with Gasteiger partial charge in [0.05, 0.1) is 5.69 Å². The van der Waals surface area contributed by atoms with E-state index in [1.165, 1.54) is 32.1 Å². The van der Waals surface area contributed by atoms with Crippen LogP contribution >= 0.6 is 0 Å². The summed E-state index contributed by atoms with van der Waals surface area (Å²) in [7, 11) is 0. The molecule has 1 saturated carbocycles. The third-order valence-corrected chi connectivity index (χ3v) is 4.18. The molecule has 1 fully saturated rings. The van der Waals surface area contributed by atoms with Gasteiger partial charge in [0.25, 0.3) is 0 Å². The average molecular weight is 283 g/mol. The van der Waals surface area contributed by atoms with E-state index in [0.29, 0.717) is 5.92 Å². The molecule has 5 heteroatoms. The SMILES string of the molecule is Nc1nnc(-c2ccncc2)c(C2CCCCCCC2)n1. The zero-order chi connectivity index (χ0) is 14.5. The Morgan fingerprint density at radius 1 is 0.905 bits per heavy atom. The van der Waals surface area contributed by atoms with Crippen molar-refractivity contribution in [2.24, 2.45) is 0 Å². The lowest BCUT2D eigenvalue weighted by Gasteiger charge is -2.21. The summed E-state index contributed by atoms with van der Waals surface area (Å²) in [6.07, 6.45) is 12.4. The summed E-state index contributed by atoms with van der Waals surface area (Å²) in [6.45, 7) is 0. The van der Waals surface area contributed by atoms with Crippen molar-refractivity contribution < 1.29 is 0 Å². The number of rotatable bonds is 2.